The first-order valence-corrected chi connectivity index (χ1v) is 12.4. The van der Waals surface area contributed by atoms with Crippen LogP contribution in [0.25, 0.3) is 10.8 Å². The van der Waals surface area contributed by atoms with Gasteiger partial charge in [0.1, 0.15) is 18.1 Å². The van der Waals surface area contributed by atoms with E-state index >= 15 is 0 Å². The number of hydrogen-bond acceptors (Lipinski definition) is 4. The van der Waals surface area contributed by atoms with Gasteiger partial charge in [0.2, 0.25) is 0 Å². The Morgan fingerprint density at radius 3 is 2.52 bits per heavy atom. The largest absolute Gasteiger partial charge is 0.494 e. The summed E-state index contributed by atoms with van der Waals surface area (Å²) >= 11 is 0. The maximum atomic E-state index is 5.91. The molecule has 4 rings (SSSR count). The number of benzene rings is 3. The van der Waals surface area contributed by atoms with Gasteiger partial charge in [-0.3, -0.25) is 0 Å². The third-order valence-corrected chi connectivity index (χ3v) is 6.53. The van der Waals surface area contributed by atoms with Crippen LogP contribution in [-0.2, 0) is 6.42 Å². The number of hydrogen-bond donors (Lipinski definition) is 1. The lowest BCUT2D eigenvalue weighted by Gasteiger charge is -2.32. The molecule has 0 amide bonds. The normalized spacial score (nSPS) is 16.7. The molecule has 4 heteroatoms. The molecule has 176 valence electrons. The summed E-state index contributed by atoms with van der Waals surface area (Å²) in [6.07, 6.45) is 4.86. The highest BCUT2D eigenvalue weighted by Gasteiger charge is 2.20. The molecule has 1 aliphatic heterocycles. The van der Waals surface area contributed by atoms with Gasteiger partial charge >= 0.3 is 0 Å². The van der Waals surface area contributed by atoms with Crippen LogP contribution in [0.5, 0.6) is 11.5 Å². The lowest BCUT2D eigenvalue weighted by molar-refractivity contribution is 0.162. The first-order valence-electron chi connectivity index (χ1n) is 12.4. The monoisotopic (exact) mass is 446 g/mol. The number of ether oxygens (including phenoxy) is 2. The zero-order valence-corrected chi connectivity index (χ0v) is 20.2. The minimum atomic E-state index is 0.691. The predicted octanol–water partition coefficient (Wildman–Crippen LogP) is 5.47. The molecule has 0 aliphatic carbocycles. The van der Waals surface area contributed by atoms with Crippen molar-refractivity contribution in [2.24, 2.45) is 5.92 Å². The molecule has 0 aromatic heterocycles. The molecule has 1 atom stereocenters. The quantitative estimate of drug-likeness (QED) is 0.396. The van der Waals surface area contributed by atoms with Crippen LogP contribution in [0.15, 0.2) is 60.7 Å². The van der Waals surface area contributed by atoms with Crippen LogP contribution in [0.4, 0.5) is 0 Å². The van der Waals surface area contributed by atoms with E-state index in [0.717, 1.165) is 50.0 Å². The standard InChI is InChI=1S/C29H38N2O2/c1-23-6-11-28(12-7-23)32-17-4-16-31-15-3-5-25(22-31)19-24-8-9-27-21-29(33-18-14-30-2)13-10-26(27)20-24/h6-13,20-21,25,30H,3-5,14-19,22H2,1-2H3. The summed E-state index contributed by atoms with van der Waals surface area (Å²) in [6, 6.07) is 21.7. The minimum absolute atomic E-state index is 0.691. The van der Waals surface area contributed by atoms with Crippen LogP contribution in [-0.4, -0.2) is 51.3 Å². The number of rotatable bonds is 11. The number of nitrogens with zero attached hydrogens (tertiary/aromatic N) is 1. The van der Waals surface area contributed by atoms with Crippen LogP contribution in [0.1, 0.15) is 30.4 Å². The molecular formula is C29H38N2O2. The third kappa shape index (κ3) is 7.21. The summed E-state index contributed by atoms with van der Waals surface area (Å²) in [5.41, 5.74) is 2.72. The number of likely N-dealkylation sites (N-methyl/N-ethyl adjacent to an activating group) is 1. The summed E-state index contributed by atoms with van der Waals surface area (Å²) in [4.78, 5) is 2.63. The first kappa shape index (κ1) is 23.6. The summed E-state index contributed by atoms with van der Waals surface area (Å²) in [5.74, 6) is 2.66. The van der Waals surface area contributed by atoms with Crippen molar-refractivity contribution in [3.05, 3.63) is 71.8 Å². The Morgan fingerprint density at radius 1 is 0.909 bits per heavy atom. The van der Waals surface area contributed by atoms with E-state index in [1.807, 2.05) is 7.05 Å². The van der Waals surface area contributed by atoms with Gasteiger partial charge in [0, 0.05) is 19.6 Å². The number of nitrogens with one attached hydrogen (secondary N) is 1. The Hall–Kier alpha value is -2.56. The Kier molecular flexibility index (Phi) is 8.62. The maximum Gasteiger partial charge on any atom is 0.120 e. The van der Waals surface area contributed by atoms with Gasteiger partial charge in [0.05, 0.1) is 6.61 Å². The highest BCUT2D eigenvalue weighted by molar-refractivity contribution is 5.84. The molecule has 3 aromatic rings. The van der Waals surface area contributed by atoms with Crippen molar-refractivity contribution in [1.29, 1.82) is 0 Å². The van der Waals surface area contributed by atoms with E-state index in [9.17, 15) is 0 Å². The van der Waals surface area contributed by atoms with Crippen molar-refractivity contribution in [3.63, 3.8) is 0 Å². The van der Waals surface area contributed by atoms with Crippen molar-refractivity contribution < 1.29 is 9.47 Å². The van der Waals surface area contributed by atoms with Crippen LogP contribution in [0.3, 0.4) is 0 Å². The second-order valence-electron chi connectivity index (χ2n) is 9.32. The molecule has 1 fully saturated rings. The highest BCUT2D eigenvalue weighted by Crippen LogP contribution is 2.26. The Labute approximate surface area is 198 Å². The van der Waals surface area contributed by atoms with Crippen molar-refractivity contribution in [1.82, 2.24) is 10.2 Å². The van der Waals surface area contributed by atoms with Gasteiger partial charge in [-0.25, -0.2) is 0 Å². The Bertz CT molecular complexity index is 1000. The molecule has 0 saturated carbocycles. The second-order valence-corrected chi connectivity index (χ2v) is 9.32. The van der Waals surface area contributed by atoms with E-state index in [1.54, 1.807) is 0 Å². The number of piperidine rings is 1. The van der Waals surface area contributed by atoms with Crippen LogP contribution < -0.4 is 14.8 Å². The minimum Gasteiger partial charge on any atom is -0.494 e. The SMILES string of the molecule is CNCCOc1ccc2cc(CC3CCCN(CCCOc4ccc(C)cc4)C3)ccc2c1. The van der Waals surface area contributed by atoms with Gasteiger partial charge in [0.25, 0.3) is 0 Å². The first-order chi connectivity index (χ1) is 16.2. The third-order valence-electron chi connectivity index (χ3n) is 6.53. The predicted molar refractivity (Wildman–Crippen MR) is 138 cm³/mol. The molecule has 0 spiro atoms. The molecule has 1 heterocycles. The fourth-order valence-electron chi connectivity index (χ4n) is 4.73. The van der Waals surface area contributed by atoms with Gasteiger partial charge < -0.3 is 19.7 Å². The maximum absolute atomic E-state index is 5.91. The van der Waals surface area contributed by atoms with Crippen molar-refractivity contribution in [2.45, 2.75) is 32.6 Å². The molecule has 1 N–H and O–H groups in total. The fraction of sp³-hybridized carbons (Fsp3) is 0.448. The topological polar surface area (TPSA) is 33.7 Å². The smallest absolute Gasteiger partial charge is 0.120 e. The molecule has 3 aromatic carbocycles. The van der Waals surface area contributed by atoms with Gasteiger partial charge in [-0.1, -0.05) is 42.0 Å². The average Bonchev–Trinajstić information content (AvgIpc) is 2.83. The Balaban J connectivity index is 1.24. The highest BCUT2D eigenvalue weighted by atomic mass is 16.5. The van der Waals surface area contributed by atoms with Gasteiger partial charge in [-0.2, -0.15) is 0 Å². The summed E-state index contributed by atoms with van der Waals surface area (Å²) in [6.45, 7) is 7.97. The van der Waals surface area contributed by atoms with Crippen molar-refractivity contribution >= 4 is 10.8 Å². The molecule has 1 saturated heterocycles. The number of aryl methyl sites for hydroxylation is 1. The number of likely N-dealkylation sites (tertiary alicyclic amines) is 1. The van der Waals surface area contributed by atoms with E-state index in [-0.39, 0.29) is 0 Å². The van der Waals surface area contributed by atoms with E-state index in [4.69, 9.17) is 9.47 Å². The fourth-order valence-corrected chi connectivity index (χ4v) is 4.73. The van der Waals surface area contributed by atoms with Crippen molar-refractivity contribution in [3.8, 4) is 11.5 Å². The van der Waals surface area contributed by atoms with Crippen LogP contribution in [0, 0.1) is 12.8 Å². The summed E-state index contributed by atoms with van der Waals surface area (Å²) in [7, 11) is 1.94. The molecule has 1 unspecified atom stereocenters. The molecule has 1 aliphatic rings. The lowest BCUT2D eigenvalue weighted by atomic mass is 9.90. The van der Waals surface area contributed by atoms with Crippen LogP contribution in [0.2, 0.25) is 0 Å². The van der Waals surface area contributed by atoms with Crippen molar-refractivity contribution in [2.75, 3.05) is 46.4 Å². The molecular weight excluding hydrogens is 408 g/mol. The zero-order chi connectivity index (χ0) is 22.9. The van der Waals surface area contributed by atoms with Crippen LogP contribution >= 0.6 is 0 Å². The van der Waals surface area contributed by atoms with Gasteiger partial charge in [-0.15, -0.1) is 0 Å². The molecule has 0 bridgehead atoms. The molecule has 33 heavy (non-hydrogen) atoms. The van der Waals surface area contributed by atoms with Gasteiger partial charge in [-0.05, 0) is 92.7 Å². The Morgan fingerprint density at radius 2 is 1.67 bits per heavy atom. The van der Waals surface area contributed by atoms with E-state index in [1.165, 1.54) is 47.8 Å². The molecule has 0 radical (unpaired) electrons. The molecule has 4 nitrogen and oxygen atoms in total. The van der Waals surface area contributed by atoms with E-state index < -0.39 is 0 Å². The van der Waals surface area contributed by atoms with E-state index in [2.05, 4.69) is 77.8 Å². The van der Waals surface area contributed by atoms with Gasteiger partial charge in [0.15, 0.2) is 0 Å². The lowest BCUT2D eigenvalue weighted by Crippen LogP contribution is -2.37. The number of fused-ring (bicyclic) bond motifs is 1. The summed E-state index contributed by atoms with van der Waals surface area (Å²) in [5, 5.41) is 5.66. The second kappa shape index (κ2) is 12.1. The summed E-state index contributed by atoms with van der Waals surface area (Å²) < 4.78 is 11.7. The average molecular weight is 447 g/mol. The zero-order valence-electron chi connectivity index (χ0n) is 20.2. The van der Waals surface area contributed by atoms with E-state index in [0.29, 0.717) is 6.61 Å².